The molecule has 0 spiro atoms. The Morgan fingerprint density at radius 3 is 2.30 bits per heavy atom. The van der Waals surface area contributed by atoms with Crippen LogP contribution < -0.4 is 4.72 Å². The summed E-state index contributed by atoms with van der Waals surface area (Å²) in [5.41, 5.74) is 1.19. The summed E-state index contributed by atoms with van der Waals surface area (Å²) in [6.45, 7) is 9.87. The molecule has 20 heavy (non-hydrogen) atoms. The Labute approximate surface area is 126 Å². The van der Waals surface area contributed by atoms with Crippen molar-refractivity contribution in [3.63, 3.8) is 0 Å². The second kappa shape index (κ2) is 6.03. The van der Waals surface area contributed by atoms with Crippen molar-refractivity contribution in [2.75, 3.05) is 6.54 Å². The normalized spacial score (nSPS) is 14.6. The molecule has 1 aromatic rings. The van der Waals surface area contributed by atoms with Gasteiger partial charge in [-0.15, -0.1) is 11.6 Å². The van der Waals surface area contributed by atoms with Crippen LogP contribution in [0.2, 0.25) is 0 Å². The average molecular weight is 322 g/mol. The third-order valence-corrected chi connectivity index (χ3v) is 5.02. The summed E-state index contributed by atoms with van der Waals surface area (Å²) in [5.74, 6) is 0. The third kappa shape index (κ3) is 4.46. The Hall–Kier alpha value is -0.590. The van der Waals surface area contributed by atoms with Gasteiger partial charge in [0.15, 0.2) is 0 Å². The predicted octanol–water partition coefficient (Wildman–Crippen LogP) is 2.36. The van der Waals surface area contributed by atoms with E-state index >= 15 is 0 Å². The van der Waals surface area contributed by atoms with E-state index in [4.69, 9.17) is 11.6 Å². The summed E-state index contributed by atoms with van der Waals surface area (Å²) in [5, 5.41) is 3.89. The van der Waals surface area contributed by atoms with Gasteiger partial charge in [-0.3, -0.25) is 4.68 Å². The van der Waals surface area contributed by atoms with Gasteiger partial charge in [0.05, 0.1) is 11.4 Å². The maximum absolute atomic E-state index is 12.3. The van der Waals surface area contributed by atoms with E-state index in [-0.39, 0.29) is 22.2 Å². The lowest BCUT2D eigenvalue weighted by Gasteiger charge is -2.22. The number of aryl methyl sites for hydroxylation is 2. The maximum Gasteiger partial charge on any atom is 0.244 e. The van der Waals surface area contributed by atoms with Crippen LogP contribution in [0.4, 0.5) is 0 Å². The van der Waals surface area contributed by atoms with Crippen molar-refractivity contribution >= 4 is 21.6 Å². The zero-order chi connectivity index (χ0) is 15.7. The van der Waals surface area contributed by atoms with E-state index in [0.717, 1.165) is 6.42 Å². The van der Waals surface area contributed by atoms with Gasteiger partial charge in [-0.1, -0.05) is 20.8 Å². The van der Waals surface area contributed by atoms with E-state index in [1.165, 1.54) is 0 Å². The lowest BCUT2D eigenvalue weighted by Crippen LogP contribution is -2.32. The van der Waals surface area contributed by atoms with Crippen molar-refractivity contribution in [2.45, 2.75) is 51.3 Å². The average Bonchev–Trinajstić information content (AvgIpc) is 2.48. The minimum atomic E-state index is -3.57. The Bertz CT molecular complexity index is 573. The Morgan fingerprint density at radius 2 is 1.90 bits per heavy atom. The minimum Gasteiger partial charge on any atom is -0.271 e. The molecule has 0 fully saturated rings. The second-order valence-corrected chi connectivity index (χ2v) is 8.66. The first-order chi connectivity index (χ1) is 8.94. The highest BCUT2D eigenvalue weighted by Gasteiger charge is 2.25. The van der Waals surface area contributed by atoms with Crippen molar-refractivity contribution < 1.29 is 8.42 Å². The van der Waals surface area contributed by atoms with Crippen molar-refractivity contribution in [3.8, 4) is 0 Å². The monoisotopic (exact) mass is 321 g/mol. The molecule has 1 rings (SSSR count). The first kappa shape index (κ1) is 17.5. The standard InChI is InChI=1S/C13H24ClN3O2S/c1-9-12(10(2)17(6)16-9)20(18,19)15-8-11(14)7-13(3,4)5/h11,15H,7-8H2,1-6H3. The summed E-state index contributed by atoms with van der Waals surface area (Å²) < 4.78 is 28.8. The molecule has 0 aliphatic heterocycles. The number of alkyl halides is 1. The molecule has 0 saturated heterocycles. The third-order valence-electron chi connectivity index (χ3n) is 3.04. The van der Waals surface area contributed by atoms with Gasteiger partial charge in [0.2, 0.25) is 10.0 Å². The topological polar surface area (TPSA) is 64.0 Å². The number of sulfonamides is 1. The molecule has 7 heteroatoms. The molecule has 0 bridgehead atoms. The molecule has 5 nitrogen and oxygen atoms in total. The Morgan fingerprint density at radius 1 is 1.35 bits per heavy atom. The highest BCUT2D eigenvalue weighted by atomic mass is 35.5. The summed E-state index contributed by atoms with van der Waals surface area (Å²) >= 11 is 6.20. The molecule has 1 aromatic heterocycles. The number of rotatable bonds is 5. The quantitative estimate of drug-likeness (QED) is 0.847. The summed E-state index contributed by atoms with van der Waals surface area (Å²) in [7, 11) is -1.84. The van der Waals surface area contributed by atoms with Crippen LogP contribution >= 0.6 is 11.6 Å². The van der Waals surface area contributed by atoms with Crippen molar-refractivity contribution in [1.82, 2.24) is 14.5 Å². The van der Waals surface area contributed by atoms with Crippen LogP contribution in [0.5, 0.6) is 0 Å². The lowest BCUT2D eigenvalue weighted by molar-refractivity contribution is 0.369. The molecule has 116 valence electrons. The molecular formula is C13H24ClN3O2S. The fraction of sp³-hybridized carbons (Fsp3) is 0.769. The SMILES string of the molecule is Cc1nn(C)c(C)c1S(=O)(=O)NCC(Cl)CC(C)(C)C. The predicted molar refractivity (Wildman–Crippen MR) is 81.6 cm³/mol. The number of nitrogens with zero attached hydrogens (tertiary/aromatic N) is 2. The fourth-order valence-electron chi connectivity index (χ4n) is 2.15. The molecule has 1 N–H and O–H groups in total. The molecule has 0 radical (unpaired) electrons. The van der Waals surface area contributed by atoms with E-state index in [0.29, 0.717) is 11.4 Å². The largest absolute Gasteiger partial charge is 0.271 e. The molecular weight excluding hydrogens is 298 g/mol. The van der Waals surface area contributed by atoms with Gasteiger partial charge in [0.25, 0.3) is 0 Å². The Kier molecular flexibility index (Phi) is 5.27. The number of nitrogens with one attached hydrogen (secondary N) is 1. The summed E-state index contributed by atoms with van der Waals surface area (Å²) in [6, 6.07) is 0. The van der Waals surface area contributed by atoms with Crippen LogP contribution in [0, 0.1) is 19.3 Å². The van der Waals surface area contributed by atoms with Crippen LogP contribution in [0.1, 0.15) is 38.6 Å². The van der Waals surface area contributed by atoms with Gasteiger partial charge in [-0.25, -0.2) is 13.1 Å². The van der Waals surface area contributed by atoms with E-state index in [1.54, 1.807) is 25.6 Å². The highest BCUT2D eigenvalue weighted by molar-refractivity contribution is 7.89. The van der Waals surface area contributed by atoms with Gasteiger partial charge in [-0.05, 0) is 25.7 Å². The van der Waals surface area contributed by atoms with Gasteiger partial charge < -0.3 is 0 Å². The molecule has 0 aliphatic carbocycles. The minimum absolute atomic E-state index is 0.0675. The van der Waals surface area contributed by atoms with Crippen molar-refractivity contribution in [2.24, 2.45) is 12.5 Å². The van der Waals surface area contributed by atoms with Crippen LogP contribution in [0.3, 0.4) is 0 Å². The van der Waals surface area contributed by atoms with Crippen LogP contribution in [-0.2, 0) is 17.1 Å². The van der Waals surface area contributed by atoms with Crippen LogP contribution in [-0.4, -0.2) is 30.1 Å². The first-order valence-electron chi connectivity index (χ1n) is 6.58. The molecule has 0 aromatic carbocycles. The number of hydrogen-bond acceptors (Lipinski definition) is 3. The van der Waals surface area contributed by atoms with E-state index in [1.807, 2.05) is 0 Å². The van der Waals surface area contributed by atoms with E-state index in [2.05, 4.69) is 30.6 Å². The number of halogens is 1. The Balaban J connectivity index is 2.81. The smallest absolute Gasteiger partial charge is 0.244 e. The van der Waals surface area contributed by atoms with Gasteiger partial charge >= 0.3 is 0 Å². The molecule has 0 aliphatic rings. The van der Waals surface area contributed by atoms with Gasteiger partial charge in [0.1, 0.15) is 4.90 Å². The van der Waals surface area contributed by atoms with Crippen molar-refractivity contribution in [3.05, 3.63) is 11.4 Å². The van der Waals surface area contributed by atoms with E-state index in [9.17, 15) is 8.42 Å². The van der Waals surface area contributed by atoms with Crippen LogP contribution in [0.25, 0.3) is 0 Å². The van der Waals surface area contributed by atoms with E-state index < -0.39 is 10.0 Å². The van der Waals surface area contributed by atoms with Gasteiger partial charge in [0, 0.05) is 19.0 Å². The van der Waals surface area contributed by atoms with Crippen LogP contribution in [0.15, 0.2) is 4.90 Å². The lowest BCUT2D eigenvalue weighted by atomic mass is 9.90. The number of aromatic nitrogens is 2. The van der Waals surface area contributed by atoms with Crippen molar-refractivity contribution in [1.29, 1.82) is 0 Å². The zero-order valence-corrected chi connectivity index (χ0v) is 14.6. The fourth-order valence-corrected chi connectivity index (χ4v) is 4.30. The molecule has 1 heterocycles. The molecule has 1 atom stereocenters. The second-order valence-electron chi connectivity index (χ2n) is 6.34. The summed E-state index contributed by atoms with van der Waals surface area (Å²) in [6.07, 6.45) is 0.738. The molecule has 1 unspecified atom stereocenters. The number of hydrogen-bond donors (Lipinski definition) is 1. The summed E-state index contributed by atoms with van der Waals surface area (Å²) in [4.78, 5) is 0.250. The first-order valence-corrected chi connectivity index (χ1v) is 8.50. The molecule has 0 amide bonds. The zero-order valence-electron chi connectivity index (χ0n) is 13.0. The molecule has 0 saturated carbocycles. The highest BCUT2D eigenvalue weighted by Crippen LogP contribution is 2.24. The maximum atomic E-state index is 12.3. The van der Waals surface area contributed by atoms with Gasteiger partial charge in [-0.2, -0.15) is 5.10 Å².